The largest absolute Gasteiger partial charge is 0.348 e. The van der Waals surface area contributed by atoms with Crippen molar-refractivity contribution in [3.8, 4) is 22.5 Å². The van der Waals surface area contributed by atoms with Gasteiger partial charge in [0.1, 0.15) is 23.2 Å². The number of rotatable bonds is 4. The molecule has 0 saturated carbocycles. The molecule has 2 N–H and O–H groups in total. The second kappa shape index (κ2) is 7.79. The lowest BCUT2D eigenvalue weighted by atomic mass is 10.1. The van der Waals surface area contributed by atoms with Crippen LogP contribution in [0.2, 0.25) is 5.15 Å². The number of H-pyrrole nitrogens is 1. The summed E-state index contributed by atoms with van der Waals surface area (Å²) in [5.41, 5.74) is 2.32. The van der Waals surface area contributed by atoms with Crippen molar-refractivity contribution in [3.05, 3.63) is 71.3 Å². The number of aliphatic imine (C=N–C) groups is 1. The number of nitrogens with zero attached hydrogens (tertiary/aromatic N) is 4. The number of fused-ring (bicyclic) bond motifs is 3. The molecular weight excluding hydrogens is 448 g/mol. The number of nitrogens with one attached hydrogen (secondary N) is 2. The molecule has 162 valence electrons. The van der Waals surface area contributed by atoms with Crippen LogP contribution in [0.3, 0.4) is 0 Å². The van der Waals surface area contributed by atoms with Crippen LogP contribution < -0.4 is 5.32 Å². The van der Waals surface area contributed by atoms with E-state index in [0.717, 1.165) is 12.1 Å². The fourth-order valence-electron chi connectivity index (χ4n) is 3.50. The predicted octanol–water partition coefficient (Wildman–Crippen LogP) is 5.64. The molecule has 1 aromatic carbocycles. The van der Waals surface area contributed by atoms with E-state index in [2.05, 4.69) is 25.5 Å². The molecule has 0 aliphatic carbocycles. The van der Waals surface area contributed by atoms with Crippen LogP contribution in [-0.4, -0.2) is 32.0 Å². The number of pyridine rings is 1. The number of benzene rings is 1. The Morgan fingerprint density at radius 2 is 1.91 bits per heavy atom. The number of aromatic amines is 1. The molecule has 0 spiro atoms. The highest BCUT2D eigenvalue weighted by molar-refractivity contribution is 6.33. The minimum atomic E-state index is -2.48. The molecule has 0 radical (unpaired) electrons. The Kier molecular flexibility index (Phi) is 4.93. The Morgan fingerprint density at radius 1 is 1.12 bits per heavy atom. The van der Waals surface area contributed by atoms with Gasteiger partial charge in [-0.05, 0) is 24.3 Å². The summed E-state index contributed by atoms with van der Waals surface area (Å²) in [6, 6.07) is 6.85. The maximum absolute atomic E-state index is 14.4. The number of aromatic nitrogens is 4. The summed E-state index contributed by atoms with van der Waals surface area (Å²) >= 11 is 6.18. The molecule has 3 aromatic heterocycles. The molecule has 32 heavy (non-hydrogen) atoms. The lowest BCUT2D eigenvalue weighted by Crippen LogP contribution is -2.17. The molecule has 1 aliphatic rings. The van der Waals surface area contributed by atoms with Gasteiger partial charge in [0.25, 0.3) is 6.43 Å². The predicted molar refractivity (Wildman–Crippen MR) is 112 cm³/mol. The minimum Gasteiger partial charge on any atom is -0.348 e. The van der Waals surface area contributed by atoms with Gasteiger partial charge in [0.05, 0.1) is 35.4 Å². The first-order chi connectivity index (χ1) is 15.4. The number of halogens is 5. The van der Waals surface area contributed by atoms with Crippen molar-refractivity contribution in [2.75, 3.05) is 5.32 Å². The van der Waals surface area contributed by atoms with Gasteiger partial charge in [0.15, 0.2) is 5.15 Å². The zero-order valence-corrected chi connectivity index (χ0v) is 16.8. The first-order valence-corrected chi connectivity index (χ1v) is 9.77. The lowest BCUT2D eigenvalue weighted by Gasteiger charge is -2.12. The summed E-state index contributed by atoms with van der Waals surface area (Å²) in [7, 11) is 0. The Hall–Kier alpha value is -3.66. The lowest BCUT2D eigenvalue weighted by molar-refractivity contribution is 0.127. The van der Waals surface area contributed by atoms with Crippen LogP contribution in [0.15, 0.2) is 53.9 Å². The van der Waals surface area contributed by atoms with E-state index in [9.17, 15) is 17.6 Å². The van der Waals surface area contributed by atoms with E-state index in [-0.39, 0.29) is 22.2 Å². The van der Waals surface area contributed by atoms with Gasteiger partial charge in [-0.15, -0.1) is 0 Å². The van der Waals surface area contributed by atoms with E-state index in [0.29, 0.717) is 28.2 Å². The van der Waals surface area contributed by atoms with Crippen LogP contribution in [0.5, 0.6) is 0 Å². The van der Waals surface area contributed by atoms with E-state index in [1.165, 1.54) is 23.0 Å². The maximum Gasteiger partial charge on any atom is 0.256 e. The summed E-state index contributed by atoms with van der Waals surface area (Å²) in [5.74, 6) is -1.70. The topological polar surface area (TPSA) is 70.9 Å². The molecule has 1 aliphatic heterocycles. The van der Waals surface area contributed by atoms with Crippen LogP contribution in [0, 0.1) is 11.6 Å². The Morgan fingerprint density at radius 3 is 2.66 bits per heavy atom. The third-order valence-corrected chi connectivity index (χ3v) is 5.21. The molecule has 5 rings (SSSR count). The van der Waals surface area contributed by atoms with Gasteiger partial charge in [0.2, 0.25) is 0 Å². The number of amidine groups is 1. The maximum atomic E-state index is 14.4. The van der Waals surface area contributed by atoms with E-state index in [1.54, 1.807) is 18.3 Å². The SMILES string of the molecule is Fc1cccc(F)c1C1=Nc2c(Cl)n[nH]c2-c2cc(-c3ccn(CC(F)F)c3)ncc2N1. The molecule has 0 atom stereocenters. The van der Waals surface area contributed by atoms with Gasteiger partial charge >= 0.3 is 0 Å². The fourth-order valence-corrected chi connectivity index (χ4v) is 3.68. The van der Waals surface area contributed by atoms with E-state index < -0.39 is 24.6 Å². The van der Waals surface area contributed by atoms with Crippen molar-refractivity contribution in [2.45, 2.75) is 13.0 Å². The van der Waals surface area contributed by atoms with Crippen LogP contribution in [-0.2, 0) is 6.54 Å². The number of hydrogen-bond acceptors (Lipinski definition) is 4. The molecule has 0 bridgehead atoms. The van der Waals surface area contributed by atoms with Gasteiger partial charge in [-0.2, -0.15) is 5.10 Å². The van der Waals surface area contributed by atoms with Crippen LogP contribution in [0.25, 0.3) is 22.5 Å². The highest BCUT2D eigenvalue weighted by Crippen LogP contribution is 2.42. The number of anilines is 1. The molecule has 11 heteroatoms. The molecule has 0 fully saturated rings. The molecule has 4 aromatic rings. The van der Waals surface area contributed by atoms with Gasteiger partial charge in [-0.3, -0.25) is 10.1 Å². The summed E-state index contributed by atoms with van der Waals surface area (Å²) in [5, 5.41) is 9.69. The van der Waals surface area contributed by atoms with Crippen LogP contribution in [0.1, 0.15) is 5.56 Å². The van der Waals surface area contributed by atoms with E-state index in [4.69, 9.17) is 11.6 Å². The molecule has 6 nitrogen and oxygen atoms in total. The molecule has 0 unspecified atom stereocenters. The van der Waals surface area contributed by atoms with Crippen molar-refractivity contribution >= 4 is 28.8 Å². The summed E-state index contributed by atoms with van der Waals surface area (Å²) < 4.78 is 55.6. The summed E-state index contributed by atoms with van der Waals surface area (Å²) in [4.78, 5) is 8.71. The van der Waals surface area contributed by atoms with Crippen LogP contribution in [0.4, 0.5) is 28.9 Å². The van der Waals surface area contributed by atoms with Crippen molar-refractivity contribution in [1.29, 1.82) is 0 Å². The first-order valence-electron chi connectivity index (χ1n) is 9.39. The zero-order chi connectivity index (χ0) is 22.4. The summed E-state index contributed by atoms with van der Waals surface area (Å²) in [6.45, 7) is -0.432. The molecule has 0 saturated heterocycles. The normalized spacial score (nSPS) is 12.8. The highest BCUT2D eigenvalue weighted by Gasteiger charge is 2.25. The Balaban J connectivity index is 1.63. The highest BCUT2D eigenvalue weighted by atomic mass is 35.5. The molecule has 4 heterocycles. The second-order valence-corrected chi connectivity index (χ2v) is 7.38. The monoisotopic (exact) mass is 460 g/mol. The van der Waals surface area contributed by atoms with Crippen molar-refractivity contribution < 1.29 is 17.6 Å². The quantitative estimate of drug-likeness (QED) is 0.387. The summed E-state index contributed by atoms with van der Waals surface area (Å²) in [6.07, 6.45) is 2.08. The Labute approximate surface area is 183 Å². The van der Waals surface area contributed by atoms with Gasteiger partial charge in [-0.25, -0.2) is 22.6 Å². The smallest absolute Gasteiger partial charge is 0.256 e. The van der Waals surface area contributed by atoms with E-state index >= 15 is 0 Å². The Bertz CT molecular complexity index is 1340. The van der Waals surface area contributed by atoms with Gasteiger partial charge in [-0.1, -0.05) is 17.7 Å². The number of alkyl halides is 2. The second-order valence-electron chi connectivity index (χ2n) is 7.02. The van der Waals surface area contributed by atoms with E-state index in [1.807, 2.05) is 0 Å². The van der Waals surface area contributed by atoms with Crippen molar-refractivity contribution in [2.24, 2.45) is 4.99 Å². The number of hydrogen-bond donors (Lipinski definition) is 2. The average molecular weight is 461 g/mol. The molecular formula is C21H13ClF4N6. The van der Waals surface area contributed by atoms with Crippen molar-refractivity contribution in [1.82, 2.24) is 19.7 Å². The molecule has 0 amide bonds. The van der Waals surface area contributed by atoms with Gasteiger partial charge < -0.3 is 9.88 Å². The fraction of sp³-hybridized carbons (Fsp3) is 0.0952. The van der Waals surface area contributed by atoms with Crippen molar-refractivity contribution in [3.63, 3.8) is 0 Å². The zero-order valence-electron chi connectivity index (χ0n) is 16.1. The first kappa shape index (κ1) is 20.3. The van der Waals surface area contributed by atoms with Crippen LogP contribution >= 0.6 is 11.6 Å². The third-order valence-electron chi connectivity index (χ3n) is 4.94. The third kappa shape index (κ3) is 3.52. The standard InChI is InChI=1S/C21H13ClF4N6/c22-20-19-18(30-31-20)11-6-14(10-4-5-32(8-10)9-16(25)26)27-7-15(11)28-21(29-19)17-12(23)2-1-3-13(17)24/h1-8,16H,9H2,(H,28,29)(H,30,31). The minimum absolute atomic E-state index is 0.0188. The average Bonchev–Trinajstić information content (AvgIpc) is 3.30. The van der Waals surface area contributed by atoms with Gasteiger partial charge in [0, 0.05) is 23.5 Å².